The number of hydrogen-bond acceptors (Lipinski definition) is 5. The Balaban J connectivity index is 2.51. The highest BCUT2D eigenvalue weighted by molar-refractivity contribution is 5.94. The molecule has 0 saturated carbocycles. The summed E-state index contributed by atoms with van der Waals surface area (Å²) in [5.41, 5.74) is 0.513. The van der Waals surface area contributed by atoms with Gasteiger partial charge in [0, 0.05) is 18.7 Å². The highest BCUT2D eigenvalue weighted by Crippen LogP contribution is 2.15. The molecule has 2 N–H and O–H groups in total. The monoisotopic (exact) mass is 349 g/mol. The van der Waals surface area contributed by atoms with E-state index in [9.17, 15) is 14.4 Å². The van der Waals surface area contributed by atoms with Gasteiger partial charge in [-0.25, -0.2) is 0 Å². The Bertz CT molecular complexity index is 616. The Morgan fingerprint density at radius 2 is 1.84 bits per heavy atom. The fourth-order valence-corrected chi connectivity index (χ4v) is 2.00. The molecule has 0 radical (unpaired) electrons. The van der Waals surface area contributed by atoms with Crippen molar-refractivity contribution >= 4 is 17.6 Å². The molecule has 0 bridgehead atoms. The van der Waals surface area contributed by atoms with Crippen molar-refractivity contribution in [2.75, 3.05) is 27.2 Å². The smallest absolute Gasteiger partial charge is 0.261 e. The van der Waals surface area contributed by atoms with Crippen LogP contribution in [0.4, 0.5) is 0 Å². The molecule has 1 aromatic carbocycles. The van der Waals surface area contributed by atoms with E-state index in [4.69, 9.17) is 4.74 Å². The summed E-state index contributed by atoms with van der Waals surface area (Å²) < 4.78 is 5.56. The molecule has 0 aromatic heterocycles. The van der Waals surface area contributed by atoms with Crippen LogP contribution in [0.15, 0.2) is 24.3 Å². The van der Waals surface area contributed by atoms with Gasteiger partial charge in [-0.2, -0.15) is 0 Å². The molecule has 0 heterocycles. The molecule has 0 saturated heterocycles. The zero-order valence-electron chi connectivity index (χ0n) is 15.5. The number of amides is 2. The Morgan fingerprint density at radius 3 is 2.44 bits per heavy atom. The molecule has 0 aliphatic rings. The van der Waals surface area contributed by atoms with E-state index in [1.807, 2.05) is 19.0 Å². The fourth-order valence-electron chi connectivity index (χ4n) is 2.00. The van der Waals surface area contributed by atoms with Crippen LogP contribution in [0.5, 0.6) is 5.75 Å². The van der Waals surface area contributed by atoms with Crippen molar-refractivity contribution in [2.45, 2.75) is 32.9 Å². The third-order valence-corrected chi connectivity index (χ3v) is 3.53. The zero-order chi connectivity index (χ0) is 19.0. The number of hydrogen-bond donors (Lipinski definition) is 2. The predicted octanol–water partition coefficient (Wildman–Crippen LogP) is 0.839. The summed E-state index contributed by atoms with van der Waals surface area (Å²) in [6, 6.07) is 5.97. The number of nitrogens with zero attached hydrogens (tertiary/aromatic N) is 1. The van der Waals surface area contributed by atoms with Gasteiger partial charge in [0.25, 0.3) is 5.91 Å². The van der Waals surface area contributed by atoms with Gasteiger partial charge >= 0.3 is 0 Å². The summed E-state index contributed by atoms with van der Waals surface area (Å²) in [4.78, 5) is 37.4. The summed E-state index contributed by atoms with van der Waals surface area (Å²) >= 11 is 0. The lowest BCUT2D eigenvalue weighted by molar-refractivity contribution is -0.132. The molecule has 0 fully saturated rings. The first-order chi connectivity index (χ1) is 11.7. The maximum Gasteiger partial charge on any atom is 0.261 e. The second kappa shape index (κ2) is 9.78. The predicted molar refractivity (Wildman–Crippen MR) is 95.7 cm³/mol. The van der Waals surface area contributed by atoms with Gasteiger partial charge in [-0.15, -0.1) is 0 Å². The standard InChI is InChI=1S/C18H27N3O4/c1-12(17(23)19-9-10-21(4)5)20-18(24)14(3)25-16-8-6-7-15(11-16)13(2)22/h6-8,11-12,14H,9-10H2,1-5H3,(H,19,23)(H,20,24)/t12-,14-/m1/s1. The summed E-state index contributed by atoms with van der Waals surface area (Å²) in [5.74, 6) is -0.298. The van der Waals surface area contributed by atoms with Crippen LogP contribution in [0.25, 0.3) is 0 Å². The van der Waals surface area contributed by atoms with Crippen LogP contribution in [0.3, 0.4) is 0 Å². The van der Waals surface area contributed by atoms with E-state index in [0.29, 0.717) is 17.9 Å². The van der Waals surface area contributed by atoms with Crippen molar-refractivity contribution < 1.29 is 19.1 Å². The van der Waals surface area contributed by atoms with Crippen LogP contribution >= 0.6 is 0 Å². The number of benzene rings is 1. The van der Waals surface area contributed by atoms with Gasteiger partial charge in [-0.1, -0.05) is 12.1 Å². The molecule has 2 atom stereocenters. The summed E-state index contributed by atoms with van der Waals surface area (Å²) in [7, 11) is 3.83. The number of carbonyl (C=O) groups excluding carboxylic acids is 3. The molecule has 7 nitrogen and oxygen atoms in total. The number of rotatable bonds is 9. The normalized spacial score (nSPS) is 13.0. The summed E-state index contributed by atoms with van der Waals surface area (Å²) in [6.07, 6.45) is -0.792. The number of ether oxygens (including phenoxy) is 1. The lowest BCUT2D eigenvalue weighted by Gasteiger charge is -2.19. The van der Waals surface area contributed by atoms with Gasteiger partial charge < -0.3 is 20.3 Å². The molecular formula is C18H27N3O4. The minimum absolute atomic E-state index is 0.0782. The molecule has 2 amide bonds. The van der Waals surface area contributed by atoms with Crippen LogP contribution < -0.4 is 15.4 Å². The van der Waals surface area contributed by atoms with Crippen molar-refractivity contribution in [2.24, 2.45) is 0 Å². The van der Waals surface area contributed by atoms with E-state index in [-0.39, 0.29) is 11.7 Å². The van der Waals surface area contributed by atoms with Crippen molar-refractivity contribution in [3.05, 3.63) is 29.8 Å². The van der Waals surface area contributed by atoms with Crippen molar-refractivity contribution in [3.63, 3.8) is 0 Å². The molecule has 1 rings (SSSR count). The van der Waals surface area contributed by atoms with Gasteiger partial charge in [0.15, 0.2) is 11.9 Å². The first kappa shape index (κ1) is 20.6. The van der Waals surface area contributed by atoms with Crippen LogP contribution in [0.2, 0.25) is 0 Å². The first-order valence-electron chi connectivity index (χ1n) is 8.21. The number of likely N-dealkylation sites (N-methyl/N-ethyl adjacent to an activating group) is 1. The minimum Gasteiger partial charge on any atom is -0.481 e. The van der Waals surface area contributed by atoms with E-state index < -0.39 is 18.1 Å². The van der Waals surface area contributed by atoms with E-state index >= 15 is 0 Å². The molecule has 1 aromatic rings. The van der Waals surface area contributed by atoms with Crippen LogP contribution in [0, 0.1) is 0 Å². The zero-order valence-corrected chi connectivity index (χ0v) is 15.5. The lowest BCUT2D eigenvalue weighted by atomic mass is 10.1. The molecule has 0 spiro atoms. The van der Waals surface area contributed by atoms with E-state index in [0.717, 1.165) is 6.54 Å². The van der Waals surface area contributed by atoms with Gasteiger partial charge in [-0.3, -0.25) is 14.4 Å². The molecular weight excluding hydrogens is 322 g/mol. The molecule has 7 heteroatoms. The van der Waals surface area contributed by atoms with Crippen molar-refractivity contribution in [1.29, 1.82) is 0 Å². The molecule has 0 aliphatic heterocycles. The second-order valence-electron chi connectivity index (χ2n) is 6.17. The Morgan fingerprint density at radius 1 is 1.16 bits per heavy atom. The van der Waals surface area contributed by atoms with Gasteiger partial charge in [-0.05, 0) is 47.0 Å². The first-order valence-corrected chi connectivity index (χ1v) is 8.21. The molecule has 138 valence electrons. The maximum atomic E-state index is 12.2. The topological polar surface area (TPSA) is 87.7 Å². The Hall–Kier alpha value is -2.41. The maximum absolute atomic E-state index is 12.2. The minimum atomic E-state index is -0.792. The average molecular weight is 349 g/mol. The largest absolute Gasteiger partial charge is 0.481 e. The number of ketones is 1. The van der Waals surface area contributed by atoms with Crippen molar-refractivity contribution in [3.8, 4) is 5.75 Å². The third kappa shape index (κ3) is 7.34. The SMILES string of the molecule is CC(=O)c1cccc(O[C@H](C)C(=O)N[C@H](C)C(=O)NCCN(C)C)c1. The number of Topliss-reactive ketones (excluding diaryl/α,β-unsaturated/α-hetero) is 1. The highest BCUT2D eigenvalue weighted by Gasteiger charge is 2.20. The average Bonchev–Trinajstić information content (AvgIpc) is 2.54. The van der Waals surface area contributed by atoms with E-state index in [1.54, 1.807) is 38.1 Å². The van der Waals surface area contributed by atoms with Crippen LogP contribution in [-0.4, -0.2) is 61.8 Å². The number of nitrogens with one attached hydrogen (secondary N) is 2. The summed E-state index contributed by atoms with van der Waals surface area (Å²) in [5, 5.41) is 5.37. The number of carbonyl (C=O) groups is 3. The molecule has 25 heavy (non-hydrogen) atoms. The van der Waals surface area contributed by atoms with Crippen LogP contribution in [0.1, 0.15) is 31.1 Å². The van der Waals surface area contributed by atoms with Crippen LogP contribution in [-0.2, 0) is 9.59 Å². The second-order valence-corrected chi connectivity index (χ2v) is 6.17. The van der Waals surface area contributed by atoms with E-state index in [2.05, 4.69) is 10.6 Å². The quantitative estimate of drug-likeness (QED) is 0.645. The van der Waals surface area contributed by atoms with Crippen molar-refractivity contribution in [1.82, 2.24) is 15.5 Å². The van der Waals surface area contributed by atoms with Gasteiger partial charge in [0.2, 0.25) is 5.91 Å². The Labute approximate surface area is 148 Å². The van der Waals surface area contributed by atoms with Gasteiger partial charge in [0.05, 0.1) is 0 Å². The van der Waals surface area contributed by atoms with E-state index in [1.165, 1.54) is 6.92 Å². The Kier molecular flexibility index (Phi) is 8.07. The lowest BCUT2D eigenvalue weighted by Crippen LogP contribution is -2.49. The summed E-state index contributed by atoms with van der Waals surface area (Å²) in [6.45, 7) is 5.90. The fraction of sp³-hybridized carbons (Fsp3) is 0.500. The third-order valence-electron chi connectivity index (χ3n) is 3.53. The molecule has 0 aliphatic carbocycles. The highest BCUT2D eigenvalue weighted by atomic mass is 16.5. The van der Waals surface area contributed by atoms with Gasteiger partial charge in [0.1, 0.15) is 11.8 Å². The molecule has 0 unspecified atom stereocenters.